The molecule has 0 unspecified atom stereocenters. The zero-order valence-electron chi connectivity index (χ0n) is 11.8. The van der Waals surface area contributed by atoms with Crippen LogP contribution in [0.25, 0.3) is 6.20 Å². The Morgan fingerprint density at radius 3 is 3.05 bits per heavy atom. The number of carbonyl (C=O) groups is 1. The molecule has 2 heterocycles. The van der Waals surface area contributed by atoms with Crippen LogP contribution >= 0.6 is 11.3 Å². The van der Waals surface area contributed by atoms with E-state index in [9.17, 15) is 13.2 Å². The summed E-state index contributed by atoms with van der Waals surface area (Å²) >= 11 is 1.55. The van der Waals surface area contributed by atoms with Gasteiger partial charge in [-0.3, -0.25) is 9.79 Å². The normalized spacial score (nSPS) is 14.3. The predicted molar refractivity (Wildman–Crippen MR) is 79.3 cm³/mol. The molecule has 0 aliphatic carbocycles. The van der Waals surface area contributed by atoms with Gasteiger partial charge in [0.1, 0.15) is 17.9 Å². The van der Waals surface area contributed by atoms with Gasteiger partial charge >= 0.3 is 5.97 Å². The second-order valence-corrected chi connectivity index (χ2v) is 7.97. The first-order chi connectivity index (χ1) is 9.88. The second-order valence-electron chi connectivity index (χ2n) is 4.76. The number of ether oxygens (including phenoxy) is 1. The zero-order chi connectivity index (χ0) is 15.5. The van der Waals surface area contributed by atoms with Crippen molar-refractivity contribution in [3.05, 3.63) is 21.3 Å². The van der Waals surface area contributed by atoms with Gasteiger partial charge in [0.15, 0.2) is 6.73 Å². The van der Waals surface area contributed by atoms with Crippen LogP contribution in [-0.2, 0) is 19.6 Å². The van der Waals surface area contributed by atoms with E-state index in [1.165, 1.54) is 0 Å². The molecule has 0 aromatic carbocycles. The first-order valence-corrected chi connectivity index (χ1v) is 8.79. The topological polar surface area (TPSA) is 88.1 Å². The van der Waals surface area contributed by atoms with Crippen molar-refractivity contribution < 1.29 is 17.9 Å². The summed E-state index contributed by atoms with van der Waals surface area (Å²) in [5.41, 5.74) is 0. The highest BCUT2D eigenvalue weighted by molar-refractivity contribution is 7.90. The van der Waals surface area contributed by atoms with Gasteiger partial charge in [-0.05, 0) is 25.3 Å². The minimum absolute atomic E-state index is 0.0300. The van der Waals surface area contributed by atoms with E-state index < -0.39 is 21.2 Å². The molecule has 0 fully saturated rings. The van der Waals surface area contributed by atoms with Crippen LogP contribution in [0.1, 0.15) is 13.8 Å². The fourth-order valence-electron chi connectivity index (χ4n) is 1.60. The number of sulfonamides is 1. The van der Waals surface area contributed by atoms with Crippen molar-refractivity contribution >= 4 is 33.5 Å². The van der Waals surface area contributed by atoms with E-state index >= 15 is 0 Å². The largest absolute Gasteiger partial charge is 0.447 e. The summed E-state index contributed by atoms with van der Waals surface area (Å²) < 4.78 is 31.0. The Balaban J connectivity index is 1.81. The summed E-state index contributed by atoms with van der Waals surface area (Å²) in [6, 6.07) is 1.93. The molecule has 9 heteroatoms. The summed E-state index contributed by atoms with van der Waals surface area (Å²) in [7, 11) is -3.43. The Morgan fingerprint density at radius 2 is 2.33 bits per heavy atom. The lowest BCUT2D eigenvalue weighted by molar-refractivity contribution is -0.144. The lowest BCUT2D eigenvalue weighted by atomic mass is 10.4. The number of fused-ring (bicyclic) bond motifs is 1. The Bertz CT molecular complexity index is 724. The second kappa shape index (κ2) is 6.54. The number of esters is 1. The van der Waals surface area contributed by atoms with Gasteiger partial charge in [0.25, 0.3) is 0 Å². The van der Waals surface area contributed by atoms with Crippen molar-refractivity contribution in [2.45, 2.75) is 19.1 Å². The molecule has 1 aliphatic rings. The third-order valence-corrected chi connectivity index (χ3v) is 5.46. The average Bonchev–Trinajstić information content (AvgIpc) is 2.85. The monoisotopic (exact) mass is 331 g/mol. The molecule has 0 amide bonds. The van der Waals surface area contributed by atoms with Crippen LogP contribution in [0.4, 0.5) is 0 Å². The summed E-state index contributed by atoms with van der Waals surface area (Å²) in [6.45, 7) is 3.16. The fourth-order valence-corrected chi connectivity index (χ4v) is 2.89. The zero-order valence-corrected chi connectivity index (χ0v) is 13.4. The first kappa shape index (κ1) is 15.9. The van der Waals surface area contributed by atoms with Gasteiger partial charge in [-0.15, -0.1) is 11.3 Å². The third kappa shape index (κ3) is 4.26. The van der Waals surface area contributed by atoms with Crippen molar-refractivity contribution in [2.75, 3.05) is 19.9 Å². The van der Waals surface area contributed by atoms with Gasteiger partial charge in [0.2, 0.25) is 10.0 Å². The van der Waals surface area contributed by atoms with Crippen molar-refractivity contribution in [1.82, 2.24) is 9.62 Å². The SMILES string of the molecule is CC(C)S(=O)(=O)NCOC(=O)CN1C=c2ccsc2=NC1. The number of nitrogens with zero attached hydrogens (tertiary/aromatic N) is 2. The predicted octanol–water partition coefficient (Wildman–Crippen LogP) is -0.793. The fraction of sp³-hybridized carbons (Fsp3) is 0.500. The highest BCUT2D eigenvalue weighted by atomic mass is 32.2. The molecule has 21 heavy (non-hydrogen) atoms. The van der Waals surface area contributed by atoms with Gasteiger partial charge in [-0.1, -0.05) is 0 Å². The molecule has 1 aromatic heterocycles. The van der Waals surface area contributed by atoms with Gasteiger partial charge in [0, 0.05) is 11.4 Å². The molecule has 1 N–H and O–H groups in total. The van der Waals surface area contributed by atoms with E-state index in [1.807, 2.05) is 17.6 Å². The van der Waals surface area contributed by atoms with Crippen LogP contribution in [0.15, 0.2) is 16.4 Å². The number of nitrogens with one attached hydrogen (secondary N) is 1. The third-order valence-electron chi connectivity index (χ3n) is 2.84. The summed E-state index contributed by atoms with van der Waals surface area (Å²) in [5.74, 6) is -0.508. The maximum absolute atomic E-state index is 11.7. The molecular weight excluding hydrogens is 314 g/mol. The van der Waals surface area contributed by atoms with Gasteiger partial charge in [-0.2, -0.15) is 4.72 Å². The van der Waals surface area contributed by atoms with E-state index in [0.29, 0.717) is 6.67 Å². The molecule has 0 radical (unpaired) electrons. The molecule has 0 atom stereocenters. The van der Waals surface area contributed by atoms with E-state index in [-0.39, 0.29) is 13.3 Å². The maximum atomic E-state index is 11.7. The average molecular weight is 331 g/mol. The van der Waals surface area contributed by atoms with Crippen LogP contribution in [-0.4, -0.2) is 44.5 Å². The molecule has 0 saturated carbocycles. The summed E-state index contributed by atoms with van der Waals surface area (Å²) in [4.78, 5) is 17.7. The van der Waals surface area contributed by atoms with Crippen molar-refractivity contribution in [2.24, 2.45) is 4.99 Å². The van der Waals surface area contributed by atoms with E-state index in [1.54, 1.807) is 30.1 Å². The Labute approximate surface area is 127 Å². The number of hydrogen-bond acceptors (Lipinski definition) is 7. The molecule has 0 saturated heterocycles. The number of rotatable bonds is 6. The van der Waals surface area contributed by atoms with Crippen LogP contribution < -0.4 is 14.6 Å². The maximum Gasteiger partial charge on any atom is 0.326 e. The van der Waals surface area contributed by atoms with Crippen molar-refractivity contribution in [3.63, 3.8) is 0 Å². The standard InChI is InChI=1S/C12H17N3O4S2/c1-9(2)21(17,18)14-8-19-11(16)6-15-5-10-3-4-20-12(10)13-7-15/h3-5,9,14H,6-8H2,1-2H3. The molecule has 0 bridgehead atoms. The molecule has 2 rings (SSSR count). The molecule has 1 aliphatic heterocycles. The van der Waals surface area contributed by atoms with Crippen molar-refractivity contribution in [1.29, 1.82) is 0 Å². The number of carbonyl (C=O) groups excluding carboxylic acids is 1. The summed E-state index contributed by atoms with van der Waals surface area (Å²) in [6.07, 6.45) is 1.85. The van der Waals surface area contributed by atoms with E-state index in [0.717, 1.165) is 9.89 Å². The first-order valence-electron chi connectivity index (χ1n) is 6.36. The minimum Gasteiger partial charge on any atom is -0.447 e. The van der Waals surface area contributed by atoms with Gasteiger partial charge < -0.3 is 9.64 Å². The van der Waals surface area contributed by atoms with Crippen LogP contribution in [0, 0.1) is 0 Å². The van der Waals surface area contributed by atoms with Gasteiger partial charge in [0.05, 0.1) is 5.25 Å². The molecular formula is C12H17N3O4S2. The Hall–Kier alpha value is -1.45. The van der Waals surface area contributed by atoms with E-state index in [2.05, 4.69) is 9.71 Å². The smallest absolute Gasteiger partial charge is 0.326 e. The molecule has 0 spiro atoms. The molecule has 7 nitrogen and oxygen atoms in total. The Morgan fingerprint density at radius 1 is 1.57 bits per heavy atom. The van der Waals surface area contributed by atoms with Gasteiger partial charge in [-0.25, -0.2) is 8.42 Å². The van der Waals surface area contributed by atoms with Crippen LogP contribution in [0.2, 0.25) is 0 Å². The van der Waals surface area contributed by atoms with Crippen LogP contribution in [0.5, 0.6) is 0 Å². The van der Waals surface area contributed by atoms with Crippen LogP contribution in [0.3, 0.4) is 0 Å². The quantitative estimate of drug-likeness (QED) is 0.545. The number of thiophene rings is 1. The lowest BCUT2D eigenvalue weighted by Gasteiger charge is -2.18. The summed E-state index contributed by atoms with van der Waals surface area (Å²) in [5, 5.41) is 2.34. The van der Waals surface area contributed by atoms with E-state index in [4.69, 9.17) is 4.74 Å². The molecule has 116 valence electrons. The minimum atomic E-state index is -3.43. The lowest BCUT2D eigenvalue weighted by Crippen LogP contribution is -2.38. The highest BCUT2D eigenvalue weighted by Crippen LogP contribution is 1.98. The Kier molecular flexibility index (Phi) is 4.96. The number of hydrogen-bond donors (Lipinski definition) is 1. The highest BCUT2D eigenvalue weighted by Gasteiger charge is 2.16. The molecule has 1 aromatic rings. The van der Waals surface area contributed by atoms with Crippen molar-refractivity contribution in [3.8, 4) is 0 Å².